The lowest BCUT2D eigenvalue weighted by Crippen LogP contribution is -1.95. The Morgan fingerprint density at radius 1 is 1.10 bits per heavy atom. The van der Waals surface area contributed by atoms with Crippen LogP contribution in [0.4, 0.5) is 0 Å². The molecule has 1 aromatic carbocycles. The molecule has 0 spiro atoms. The molecule has 1 N–H and O–H groups in total. The lowest BCUT2D eigenvalue weighted by molar-refractivity contribution is 0.475. The van der Waals surface area contributed by atoms with Crippen LogP contribution in [0.2, 0.25) is 0 Å². The highest BCUT2D eigenvalue weighted by Crippen LogP contribution is 2.32. The van der Waals surface area contributed by atoms with Crippen molar-refractivity contribution < 1.29 is 5.11 Å². The van der Waals surface area contributed by atoms with Gasteiger partial charge in [0.05, 0.1) is 5.69 Å². The van der Waals surface area contributed by atoms with Crippen LogP contribution >= 0.6 is 0 Å². The monoisotopic (exact) mass is 281 g/mol. The van der Waals surface area contributed by atoms with E-state index in [1.54, 1.807) is 24.5 Å². The second-order valence-corrected chi connectivity index (χ2v) is 5.27. The molecule has 3 rings (SSSR count). The number of phenolic OH excluding ortho intramolecular Hbond substituents is 1. The van der Waals surface area contributed by atoms with Crippen molar-refractivity contribution in [3.8, 4) is 17.0 Å². The highest BCUT2D eigenvalue weighted by Gasteiger charge is 2.17. The smallest absolute Gasteiger partial charge is 0.159 e. The number of hydrogen-bond donors (Lipinski definition) is 1. The SMILES string of the molecule is CCCCc1c(-c2ccc(O)cc2)n(C)c2nccnc12. The molecule has 0 saturated carbocycles. The van der Waals surface area contributed by atoms with E-state index in [-0.39, 0.29) is 5.75 Å². The predicted octanol–water partition coefficient (Wildman–Crippen LogP) is 3.68. The largest absolute Gasteiger partial charge is 0.508 e. The molecule has 0 fully saturated rings. The molecule has 4 nitrogen and oxygen atoms in total. The van der Waals surface area contributed by atoms with Gasteiger partial charge in [0.15, 0.2) is 5.65 Å². The molecule has 0 unspecified atom stereocenters. The first kappa shape index (κ1) is 13.6. The van der Waals surface area contributed by atoms with Crippen molar-refractivity contribution in [1.82, 2.24) is 14.5 Å². The fraction of sp³-hybridized carbons (Fsp3) is 0.294. The summed E-state index contributed by atoms with van der Waals surface area (Å²) in [4.78, 5) is 8.99. The zero-order valence-corrected chi connectivity index (χ0v) is 12.4. The van der Waals surface area contributed by atoms with Crippen molar-refractivity contribution in [1.29, 1.82) is 0 Å². The minimum Gasteiger partial charge on any atom is -0.508 e. The van der Waals surface area contributed by atoms with Crippen molar-refractivity contribution >= 4 is 11.2 Å². The average molecular weight is 281 g/mol. The maximum Gasteiger partial charge on any atom is 0.159 e. The molecule has 0 amide bonds. The fourth-order valence-corrected chi connectivity index (χ4v) is 2.79. The second-order valence-electron chi connectivity index (χ2n) is 5.27. The Balaban J connectivity index is 2.24. The van der Waals surface area contributed by atoms with E-state index in [0.717, 1.165) is 41.7 Å². The van der Waals surface area contributed by atoms with E-state index in [4.69, 9.17) is 0 Å². The van der Waals surface area contributed by atoms with Gasteiger partial charge in [-0.2, -0.15) is 0 Å². The van der Waals surface area contributed by atoms with Gasteiger partial charge in [-0.3, -0.25) is 4.98 Å². The summed E-state index contributed by atoms with van der Waals surface area (Å²) in [5.41, 5.74) is 5.36. The zero-order valence-electron chi connectivity index (χ0n) is 12.4. The summed E-state index contributed by atoms with van der Waals surface area (Å²) in [5.74, 6) is 0.281. The lowest BCUT2D eigenvalue weighted by atomic mass is 10.0. The Labute approximate surface area is 124 Å². The third kappa shape index (κ3) is 2.37. The van der Waals surface area contributed by atoms with Gasteiger partial charge < -0.3 is 9.67 Å². The van der Waals surface area contributed by atoms with Crippen molar-refractivity contribution in [2.24, 2.45) is 7.05 Å². The Hall–Kier alpha value is -2.36. The molecule has 2 heterocycles. The quantitative estimate of drug-likeness (QED) is 0.793. The molecule has 0 saturated heterocycles. The molecular formula is C17H19N3O. The minimum absolute atomic E-state index is 0.281. The number of rotatable bonds is 4. The summed E-state index contributed by atoms with van der Waals surface area (Å²) in [6.07, 6.45) is 6.74. The van der Waals surface area contributed by atoms with E-state index in [0.29, 0.717) is 0 Å². The molecule has 0 aliphatic carbocycles. The molecule has 4 heteroatoms. The number of nitrogens with zero attached hydrogens (tertiary/aromatic N) is 3. The van der Waals surface area contributed by atoms with Gasteiger partial charge >= 0.3 is 0 Å². The van der Waals surface area contributed by atoms with Crippen LogP contribution in [0.1, 0.15) is 25.3 Å². The van der Waals surface area contributed by atoms with Crippen LogP contribution in [-0.4, -0.2) is 19.6 Å². The molecule has 0 bridgehead atoms. The Morgan fingerprint density at radius 3 is 2.52 bits per heavy atom. The van der Waals surface area contributed by atoms with Gasteiger partial charge in [0, 0.05) is 25.0 Å². The molecule has 2 aromatic heterocycles. The van der Waals surface area contributed by atoms with Gasteiger partial charge in [-0.15, -0.1) is 0 Å². The van der Waals surface area contributed by atoms with Crippen LogP contribution in [0.15, 0.2) is 36.7 Å². The zero-order chi connectivity index (χ0) is 14.8. The highest BCUT2D eigenvalue weighted by molar-refractivity contribution is 5.86. The molecular weight excluding hydrogens is 262 g/mol. The normalized spacial score (nSPS) is 11.1. The maximum absolute atomic E-state index is 9.49. The minimum atomic E-state index is 0.281. The summed E-state index contributed by atoms with van der Waals surface area (Å²) in [6, 6.07) is 7.33. The lowest BCUT2D eigenvalue weighted by Gasteiger charge is -2.08. The van der Waals surface area contributed by atoms with E-state index in [1.165, 1.54) is 5.56 Å². The third-order valence-electron chi connectivity index (χ3n) is 3.82. The van der Waals surface area contributed by atoms with Crippen molar-refractivity contribution in [2.45, 2.75) is 26.2 Å². The van der Waals surface area contributed by atoms with Gasteiger partial charge in [0.2, 0.25) is 0 Å². The van der Waals surface area contributed by atoms with Crippen LogP contribution in [0.3, 0.4) is 0 Å². The predicted molar refractivity (Wildman–Crippen MR) is 84.2 cm³/mol. The number of aryl methyl sites for hydroxylation is 2. The fourth-order valence-electron chi connectivity index (χ4n) is 2.79. The standard InChI is InChI=1S/C17H19N3O/c1-3-4-5-14-15-17(19-11-10-18-15)20(2)16(14)12-6-8-13(21)9-7-12/h6-11,21H,3-5H2,1-2H3. The van der Waals surface area contributed by atoms with Crippen LogP contribution in [-0.2, 0) is 13.5 Å². The van der Waals surface area contributed by atoms with E-state index in [9.17, 15) is 5.11 Å². The third-order valence-corrected chi connectivity index (χ3v) is 3.82. The Morgan fingerprint density at radius 2 is 1.81 bits per heavy atom. The number of unbranched alkanes of at least 4 members (excludes halogenated alkanes) is 1. The molecule has 0 atom stereocenters. The van der Waals surface area contributed by atoms with Crippen molar-refractivity contribution in [3.05, 3.63) is 42.2 Å². The van der Waals surface area contributed by atoms with Crippen LogP contribution in [0, 0.1) is 0 Å². The van der Waals surface area contributed by atoms with Crippen LogP contribution in [0.25, 0.3) is 22.4 Å². The van der Waals surface area contributed by atoms with Gasteiger partial charge in [-0.05, 0) is 42.7 Å². The van der Waals surface area contributed by atoms with E-state index in [1.807, 2.05) is 19.2 Å². The first-order chi connectivity index (χ1) is 10.2. The molecule has 0 aliphatic rings. The van der Waals surface area contributed by atoms with Gasteiger partial charge in [0.25, 0.3) is 0 Å². The maximum atomic E-state index is 9.49. The number of phenols is 1. The summed E-state index contributed by atoms with van der Waals surface area (Å²) in [7, 11) is 2.02. The van der Waals surface area contributed by atoms with Crippen molar-refractivity contribution in [3.63, 3.8) is 0 Å². The van der Waals surface area contributed by atoms with Crippen molar-refractivity contribution in [2.75, 3.05) is 0 Å². The van der Waals surface area contributed by atoms with E-state index >= 15 is 0 Å². The van der Waals surface area contributed by atoms with E-state index < -0.39 is 0 Å². The van der Waals surface area contributed by atoms with Crippen LogP contribution < -0.4 is 0 Å². The highest BCUT2D eigenvalue weighted by atomic mass is 16.3. The van der Waals surface area contributed by atoms with Crippen LogP contribution in [0.5, 0.6) is 5.75 Å². The second kappa shape index (κ2) is 5.56. The first-order valence-electron chi connectivity index (χ1n) is 7.30. The molecule has 0 aliphatic heterocycles. The Kier molecular flexibility index (Phi) is 3.60. The Bertz CT molecular complexity index is 760. The summed E-state index contributed by atoms with van der Waals surface area (Å²) < 4.78 is 2.10. The summed E-state index contributed by atoms with van der Waals surface area (Å²) in [6.45, 7) is 2.19. The van der Waals surface area contributed by atoms with Gasteiger partial charge in [-0.25, -0.2) is 4.98 Å². The molecule has 108 valence electrons. The first-order valence-corrected chi connectivity index (χ1v) is 7.30. The number of benzene rings is 1. The van der Waals surface area contributed by atoms with E-state index in [2.05, 4.69) is 21.5 Å². The number of fused-ring (bicyclic) bond motifs is 1. The number of hydrogen-bond acceptors (Lipinski definition) is 3. The van der Waals surface area contributed by atoms with Gasteiger partial charge in [-0.1, -0.05) is 13.3 Å². The molecule has 3 aromatic rings. The summed E-state index contributed by atoms with van der Waals surface area (Å²) >= 11 is 0. The van der Waals surface area contributed by atoms with Gasteiger partial charge in [0.1, 0.15) is 11.3 Å². The number of aromatic hydroxyl groups is 1. The number of aromatic nitrogens is 3. The molecule has 21 heavy (non-hydrogen) atoms. The summed E-state index contributed by atoms with van der Waals surface area (Å²) in [5, 5.41) is 9.49. The average Bonchev–Trinajstić information content (AvgIpc) is 2.79. The molecule has 0 radical (unpaired) electrons. The topological polar surface area (TPSA) is 50.9 Å².